The molecule has 3 heteroatoms. The molecule has 0 aromatic heterocycles. The zero-order valence-electron chi connectivity index (χ0n) is 19.0. The van der Waals surface area contributed by atoms with Crippen LogP contribution in [0.5, 0.6) is 11.5 Å². The van der Waals surface area contributed by atoms with Crippen LogP contribution in [0.15, 0.2) is 97.1 Å². The zero-order chi connectivity index (χ0) is 22.3. The Balaban J connectivity index is 1.66. The molecule has 4 aromatic rings. The average Bonchev–Trinajstić information content (AvgIpc) is 2.84. The van der Waals surface area contributed by atoms with Crippen molar-refractivity contribution in [1.29, 1.82) is 0 Å². The van der Waals surface area contributed by atoms with E-state index >= 15 is 0 Å². The van der Waals surface area contributed by atoms with E-state index in [0.717, 1.165) is 11.5 Å². The summed E-state index contributed by atoms with van der Waals surface area (Å²) in [4.78, 5) is 0. The predicted octanol–water partition coefficient (Wildman–Crippen LogP) is 6.24. The van der Waals surface area contributed by atoms with Gasteiger partial charge in [0.15, 0.2) is 0 Å². The van der Waals surface area contributed by atoms with Gasteiger partial charge in [0.2, 0.25) is 0 Å². The molecule has 0 amide bonds. The molecule has 0 spiro atoms. The summed E-state index contributed by atoms with van der Waals surface area (Å²) in [7, 11) is -1.01. The van der Waals surface area contributed by atoms with E-state index in [9.17, 15) is 0 Å². The number of hydrogen-bond acceptors (Lipinski definition) is 1. The molecule has 4 aromatic carbocycles. The van der Waals surface area contributed by atoms with Crippen molar-refractivity contribution in [3.05, 3.63) is 108 Å². The zero-order valence-corrected chi connectivity index (χ0v) is 20.8. The number of ether oxygens (including phenoxy) is 1. The molecule has 0 N–H and O–H groups in total. The number of para-hydroxylation sites is 2. The molecular weight excluding hydrogens is 426 g/mol. The predicted molar refractivity (Wildman–Crippen MR) is 142 cm³/mol. The fourth-order valence-electron chi connectivity index (χ4n) is 4.61. The van der Waals surface area contributed by atoms with E-state index in [-0.39, 0.29) is 5.41 Å². The number of fused-ring (bicyclic) bond motifs is 2. The molecule has 2 unspecified atom stereocenters. The highest BCUT2D eigenvalue weighted by atomic mass is 31.1. The maximum Gasteiger partial charge on any atom is 0.139 e. The quantitative estimate of drug-likeness (QED) is 0.332. The summed E-state index contributed by atoms with van der Waals surface area (Å²) >= 11 is 0. The molecule has 0 aliphatic carbocycles. The minimum Gasteiger partial charge on any atom is -0.455 e. The maximum absolute atomic E-state index is 6.89. The van der Waals surface area contributed by atoms with Gasteiger partial charge in [-0.2, -0.15) is 0 Å². The van der Waals surface area contributed by atoms with Gasteiger partial charge < -0.3 is 4.74 Å². The van der Waals surface area contributed by atoms with Crippen molar-refractivity contribution in [1.82, 2.24) is 0 Å². The first-order valence-electron chi connectivity index (χ1n) is 11.0. The van der Waals surface area contributed by atoms with Crippen molar-refractivity contribution in [2.45, 2.75) is 19.3 Å². The summed E-state index contributed by atoms with van der Waals surface area (Å²) in [6, 6.07) is 35.0. The first-order chi connectivity index (χ1) is 15.5. The van der Waals surface area contributed by atoms with Gasteiger partial charge >= 0.3 is 0 Å². The van der Waals surface area contributed by atoms with E-state index in [1.165, 1.54) is 32.3 Å². The monoisotopic (exact) mass is 454 g/mol. The van der Waals surface area contributed by atoms with Gasteiger partial charge in [-0.25, -0.2) is 0 Å². The first kappa shape index (κ1) is 21.4. The van der Waals surface area contributed by atoms with Crippen molar-refractivity contribution in [2.24, 2.45) is 0 Å². The summed E-state index contributed by atoms with van der Waals surface area (Å²) in [5.74, 6) is 2.12. The third-order valence-electron chi connectivity index (χ3n) is 6.55. The Morgan fingerprint density at radius 1 is 0.531 bits per heavy atom. The lowest BCUT2D eigenvalue weighted by molar-refractivity contribution is 0.425. The maximum atomic E-state index is 6.89. The molecule has 0 saturated carbocycles. The number of rotatable bonds is 4. The standard InChI is InChI=1S/C29H28OP2/c1-29(2)23-17-11-19-25(31(3)21-13-7-5-8-14-21)27(23)30-28-24(29)18-12-20-26(28)32(4)22-15-9-6-10-16-22/h5-20H,1-4H3. The Morgan fingerprint density at radius 2 is 0.938 bits per heavy atom. The van der Waals surface area contributed by atoms with E-state index in [1.54, 1.807) is 0 Å². The van der Waals surface area contributed by atoms with Crippen molar-refractivity contribution in [3.8, 4) is 11.5 Å². The van der Waals surface area contributed by atoms with Crippen molar-refractivity contribution < 1.29 is 4.74 Å². The lowest BCUT2D eigenvalue weighted by atomic mass is 9.76. The van der Waals surface area contributed by atoms with Gasteiger partial charge in [0.25, 0.3) is 0 Å². The minimum absolute atomic E-state index is 0.116. The smallest absolute Gasteiger partial charge is 0.139 e. The molecule has 1 aliphatic rings. The van der Waals surface area contributed by atoms with Crippen LogP contribution in [0.2, 0.25) is 0 Å². The lowest BCUT2D eigenvalue weighted by Crippen LogP contribution is -2.30. The Labute approximate surface area is 194 Å². The van der Waals surface area contributed by atoms with Gasteiger partial charge in [-0.15, -0.1) is 0 Å². The van der Waals surface area contributed by atoms with Crippen LogP contribution in [0.1, 0.15) is 25.0 Å². The van der Waals surface area contributed by atoms with Crippen LogP contribution in [0.4, 0.5) is 0 Å². The van der Waals surface area contributed by atoms with Crippen molar-refractivity contribution in [3.63, 3.8) is 0 Å². The van der Waals surface area contributed by atoms with Crippen LogP contribution in [0, 0.1) is 0 Å². The Hall–Kier alpha value is -2.46. The van der Waals surface area contributed by atoms with E-state index in [4.69, 9.17) is 4.74 Å². The van der Waals surface area contributed by atoms with E-state index in [0.29, 0.717) is 0 Å². The summed E-state index contributed by atoms with van der Waals surface area (Å²) < 4.78 is 6.89. The summed E-state index contributed by atoms with van der Waals surface area (Å²) in [5, 5.41) is 5.38. The third-order valence-corrected chi connectivity index (χ3v) is 10.8. The van der Waals surface area contributed by atoms with Crippen molar-refractivity contribution >= 4 is 37.1 Å². The van der Waals surface area contributed by atoms with Crippen LogP contribution in [0.25, 0.3) is 0 Å². The third kappa shape index (κ3) is 3.59. The number of benzene rings is 4. The molecule has 1 heterocycles. The van der Waals surface area contributed by atoms with Crippen LogP contribution in [0.3, 0.4) is 0 Å². The van der Waals surface area contributed by atoms with Gasteiger partial charge in [-0.3, -0.25) is 0 Å². The molecule has 32 heavy (non-hydrogen) atoms. The second kappa shape index (κ2) is 8.47. The molecule has 5 rings (SSSR count). The van der Waals surface area contributed by atoms with E-state index in [2.05, 4.69) is 124 Å². The molecule has 1 nitrogen and oxygen atoms in total. The molecule has 0 fully saturated rings. The largest absolute Gasteiger partial charge is 0.455 e. The second-order valence-electron chi connectivity index (χ2n) is 8.82. The van der Waals surface area contributed by atoms with Crippen molar-refractivity contribution in [2.75, 3.05) is 13.3 Å². The van der Waals surface area contributed by atoms with Gasteiger partial charge in [-0.1, -0.05) is 111 Å². The molecule has 160 valence electrons. The van der Waals surface area contributed by atoms with Crippen LogP contribution < -0.4 is 26.0 Å². The molecule has 0 bridgehead atoms. The average molecular weight is 454 g/mol. The first-order valence-corrected chi connectivity index (χ1v) is 14.6. The Bertz CT molecular complexity index is 1150. The van der Waals surface area contributed by atoms with Crippen LogP contribution in [-0.2, 0) is 5.41 Å². The van der Waals surface area contributed by atoms with Crippen LogP contribution >= 0.6 is 15.8 Å². The molecule has 1 aliphatic heterocycles. The number of hydrogen-bond donors (Lipinski definition) is 0. The molecule has 0 saturated heterocycles. The topological polar surface area (TPSA) is 9.23 Å². The van der Waals surface area contributed by atoms with Crippen LogP contribution in [-0.4, -0.2) is 13.3 Å². The normalized spacial score (nSPS) is 15.8. The highest BCUT2D eigenvalue weighted by molar-refractivity contribution is 7.72. The minimum atomic E-state index is -0.505. The Kier molecular flexibility index (Phi) is 5.66. The Morgan fingerprint density at radius 3 is 1.34 bits per heavy atom. The van der Waals surface area contributed by atoms with Gasteiger partial charge in [0, 0.05) is 27.2 Å². The summed E-state index contributed by atoms with van der Waals surface area (Å²) in [6.45, 7) is 9.35. The molecular formula is C29H28OP2. The fourth-order valence-corrected chi connectivity index (χ4v) is 7.96. The van der Waals surface area contributed by atoms with Gasteiger partial charge in [0.1, 0.15) is 11.5 Å². The van der Waals surface area contributed by atoms with Gasteiger partial charge in [-0.05, 0) is 39.8 Å². The highest BCUT2D eigenvalue weighted by Gasteiger charge is 2.37. The van der Waals surface area contributed by atoms with Gasteiger partial charge in [0.05, 0.1) is 0 Å². The van der Waals surface area contributed by atoms with E-state index < -0.39 is 15.8 Å². The lowest BCUT2D eigenvalue weighted by Gasteiger charge is -2.37. The molecule has 2 atom stereocenters. The fraction of sp³-hybridized carbons (Fsp3) is 0.172. The molecule has 0 radical (unpaired) electrons. The summed E-state index contributed by atoms with van der Waals surface area (Å²) in [5.41, 5.74) is 2.45. The SMILES string of the molecule is CP(c1ccccc1)c1cccc2c1Oc1c(P(C)c3ccccc3)cccc1C2(C)C. The second-order valence-corrected chi connectivity index (χ2v) is 13.1. The summed E-state index contributed by atoms with van der Waals surface area (Å²) in [6.07, 6.45) is 0. The highest BCUT2D eigenvalue weighted by Crippen LogP contribution is 2.51. The van der Waals surface area contributed by atoms with E-state index in [1.807, 2.05) is 0 Å².